The molecular weight excluding hydrogens is 307 g/mol. The molecule has 2 fully saturated rings. The number of hydrogen-bond donors (Lipinski definition) is 2. The first-order chi connectivity index (χ1) is 10.5. The monoisotopic (exact) mass is 324 g/mol. The molecule has 2 saturated heterocycles. The lowest BCUT2D eigenvalue weighted by Crippen LogP contribution is -2.38. The zero-order valence-electron chi connectivity index (χ0n) is 11.9. The average Bonchev–Trinajstić information content (AvgIpc) is 2.78. The van der Waals surface area contributed by atoms with Crippen molar-refractivity contribution in [1.82, 2.24) is 5.32 Å². The number of amides is 1. The number of nitrogens with one attached hydrogen (secondary N) is 1. The molecule has 2 aliphatic rings. The van der Waals surface area contributed by atoms with E-state index in [0.717, 1.165) is 19.5 Å². The number of nitrogens with two attached hydrogens (primary N) is 1. The van der Waals surface area contributed by atoms with Crippen LogP contribution in [0.4, 0.5) is 20.6 Å². The van der Waals surface area contributed by atoms with Crippen LogP contribution >= 0.6 is 12.2 Å². The third kappa shape index (κ3) is 2.92. The number of thiocarbonyl (C=S) groups is 1. The van der Waals surface area contributed by atoms with Crippen LogP contribution in [0.5, 0.6) is 0 Å². The van der Waals surface area contributed by atoms with Crippen molar-refractivity contribution in [2.75, 3.05) is 36.0 Å². The van der Waals surface area contributed by atoms with Gasteiger partial charge in [-0.25, -0.2) is 9.18 Å². The van der Waals surface area contributed by atoms with Crippen molar-refractivity contribution >= 4 is 34.8 Å². The highest BCUT2D eigenvalue weighted by Crippen LogP contribution is 2.29. The molecule has 0 radical (unpaired) electrons. The second kappa shape index (κ2) is 5.96. The van der Waals surface area contributed by atoms with E-state index >= 15 is 0 Å². The van der Waals surface area contributed by atoms with Crippen LogP contribution in [0, 0.1) is 5.82 Å². The zero-order valence-corrected chi connectivity index (χ0v) is 12.7. The molecule has 0 bridgehead atoms. The minimum absolute atomic E-state index is 0.152. The number of benzene rings is 1. The Morgan fingerprint density at radius 3 is 2.86 bits per heavy atom. The Morgan fingerprint density at radius 2 is 2.27 bits per heavy atom. The van der Waals surface area contributed by atoms with Crippen LogP contribution in [0.2, 0.25) is 0 Å². The summed E-state index contributed by atoms with van der Waals surface area (Å²) in [5.74, 6) is -0.324. The average molecular weight is 324 g/mol. The molecule has 2 aliphatic heterocycles. The van der Waals surface area contributed by atoms with Gasteiger partial charge in [-0.1, -0.05) is 0 Å². The topological polar surface area (TPSA) is 70.8 Å². The van der Waals surface area contributed by atoms with Crippen molar-refractivity contribution < 1.29 is 13.9 Å². The molecule has 3 N–H and O–H groups in total. The molecule has 1 atom stereocenters. The Kier molecular flexibility index (Phi) is 4.02. The third-order valence-corrected chi connectivity index (χ3v) is 3.96. The third-order valence-electron chi connectivity index (χ3n) is 3.82. The SMILES string of the molecule is NC(=S)NCC1CN(c2ccc(N3CCC3)c(F)c2)C(=O)O1. The van der Waals surface area contributed by atoms with Crippen molar-refractivity contribution in [3.05, 3.63) is 24.0 Å². The van der Waals surface area contributed by atoms with Crippen molar-refractivity contribution in [2.45, 2.75) is 12.5 Å². The van der Waals surface area contributed by atoms with Gasteiger partial charge >= 0.3 is 6.09 Å². The molecule has 1 aromatic carbocycles. The quantitative estimate of drug-likeness (QED) is 0.811. The molecule has 1 unspecified atom stereocenters. The van der Waals surface area contributed by atoms with Crippen LogP contribution in [0.15, 0.2) is 18.2 Å². The molecule has 1 aromatic rings. The highest BCUT2D eigenvalue weighted by atomic mass is 32.1. The van der Waals surface area contributed by atoms with Crippen LogP contribution in [0.25, 0.3) is 0 Å². The second-order valence-corrected chi connectivity index (χ2v) is 5.78. The molecule has 118 valence electrons. The van der Waals surface area contributed by atoms with E-state index in [-0.39, 0.29) is 17.0 Å². The summed E-state index contributed by atoms with van der Waals surface area (Å²) in [5, 5.41) is 2.91. The molecule has 0 aliphatic carbocycles. The van der Waals surface area contributed by atoms with Crippen LogP contribution in [-0.4, -0.2) is 43.5 Å². The number of halogens is 1. The zero-order chi connectivity index (χ0) is 15.7. The number of anilines is 2. The summed E-state index contributed by atoms with van der Waals surface area (Å²) in [6.07, 6.45) is 0.218. The molecule has 3 rings (SSSR count). The fourth-order valence-electron chi connectivity index (χ4n) is 2.53. The Balaban J connectivity index is 1.69. The molecule has 0 aromatic heterocycles. The summed E-state index contributed by atoms with van der Waals surface area (Å²) in [6, 6.07) is 4.82. The van der Waals surface area contributed by atoms with E-state index in [4.69, 9.17) is 22.7 Å². The summed E-state index contributed by atoms with van der Waals surface area (Å²) in [7, 11) is 0. The Morgan fingerprint density at radius 1 is 1.50 bits per heavy atom. The summed E-state index contributed by atoms with van der Waals surface area (Å²) < 4.78 is 19.4. The maximum Gasteiger partial charge on any atom is 0.414 e. The van der Waals surface area contributed by atoms with Crippen molar-refractivity contribution in [2.24, 2.45) is 5.73 Å². The Labute approximate surface area is 133 Å². The van der Waals surface area contributed by atoms with Gasteiger partial charge in [0.2, 0.25) is 0 Å². The maximum absolute atomic E-state index is 14.2. The molecule has 0 saturated carbocycles. The molecule has 1 amide bonds. The van der Waals surface area contributed by atoms with E-state index in [0.29, 0.717) is 24.5 Å². The van der Waals surface area contributed by atoms with E-state index in [1.807, 2.05) is 4.90 Å². The molecule has 6 nitrogen and oxygen atoms in total. The van der Waals surface area contributed by atoms with Gasteiger partial charge < -0.3 is 20.7 Å². The van der Waals surface area contributed by atoms with Gasteiger partial charge in [-0.15, -0.1) is 0 Å². The second-order valence-electron chi connectivity index (χ2n) is 5.34. The van der Waals surface area contributed by atoms with E-state index in [1.165, 1.54) is 11.0 Å². The minimum atomic E-state index is -0.495. The first kappa shape index (κ1) is 14.8. The van der Waals surface area contributed by atoms with Crippen molar-refractivity contribution in [1.29, 1.82) is 0 Å². The maximum atomic E-state index is 14.2. The largest absolute Gasteiger partial charge is 0.442 e. The van der Waals surface area contributed by atoms with Gasteiger partial charge in [0.05, 0.1) is 24.5 Å². The lowest BCUT2D eigenvalue weighted by atomic mass is 10.1. The Hall–Kier alpha value is -2.09. The van der Waals surface area contributed by atoms with E-state index in [9.17, 15) is 9.18 Å². The van der Waals surface area contributed by atoms with Crippen LogP contribution < -0.4 is 20.9 Å². The number of ether oxygens (including phenoxy) is 1. The fraction of sp³-hybridized carbons (Fsp3) is 0.429. The summed E-state index contributed by atoms with van der Waals surface area (Å²) >= 11 is 4.71. The lowest BCUT2D eigenvalue weighted by Gasteiger charge is -2.33. The molecule has 8 heteroatoms. The number of rotatable bonds is 4. The van der Waals surface area contributed by atoms with E-state index in [1.54, 1.807) is 12.1 Å². The predicted octanol–water partition coefficient (Wildman–Crippen LogP) is 1.19. The van der Waals surface area contributed by atoms with Gasteiger partial charge in [0.15, 0.2) is 5.11 Å². The van der Waals surface area contributed by atoms with Gasteiger partial charge in [-0.3, -0.25) is 4.90 Å². The minimum Gasteiger partial charge on any atom is -0.442 e. The number of nitrogens with zero attached hydrogens (tertiary/aromatic N) is 2. The molecule has 2 heterocycles. The van der Waals surface area contributed by atoms with Crippen molar-refractivity contribution in [3.63, 3.8) is 0 Å². The van der Waals surface area contributed by atoms with Crippen LogP contribution in [0.3, 0.4) is 0 Å². The van der Waals surface area contributed by atoms with Gasteiger partial charge in [-0.2, -0.15) is 0 Å². The first-order valence-electron chi connectivity index (χ1n) is 7.10. The molecular formula is C14H17FN4O2S. The normalized spacial score (nSPS) is 20.6. The molecule has 22 heavy (non-hydrogen) atoms. The summed E-state index contributed by atoms with van der Waals surface area (Å²) in [4.78, 5) is 15.3. The Bertz CT molecular complexity index is 609. The summed E-state index contributed by atoms with van der Waals surface area (Å²) in [5.41, 5.74) is 6.41. The van der Waals surface area contributed by atoms with Crippen molar-refractivity contribution in [3.8, 4) is 0 Å². The predicted molar refractivity (Wildman–Crippen MR) is 85.6 cm³/mol. The standard InChI is InChI=1S/C14H17FN4O2S/c15-11-6-9(2-3-12(11)18-4-1-5-18)19-8-10(21-14(19)20)7-17-13(16)22/h2-3,6,10H,1,4-5,7-8H2,(H3,16,17,22). The first-order valence-corrected chi connectivity index (χ1v) is 7.51. The molecule has 0 spiro atoms. The van der Waals surface area contributed by atoms with Crippen LogP contribution in [0.1, 0.15) is 6.42 Å². The number of carbonyl (C=O) groups excluding carboxylic acids is 1. The number of carbonyl (C=O) groups is 1. The highest BCUT2D eigenvalue weighted by Gasteiger charge is 2.33. The van der Waals surface area contributed by atoms with Gasteiger partial charge in [0, 0.05) is 13.1 Å². The van der Waals surface area contributed by atoms with E-state index in [2.05, 4.69) is 5.32 Å². The fourth-order valence-corrected chi connectivity index (χ4v) is 2.61. The van der Waals surface area contributed by atoms with Gasteiger partial charge in [0.1, 0.15) is 11.9 Å². The smallest absolute Gasteiger partial charge is 0.414 e. The number of cyclic esters (lactones) is 1. The van der Waals surface area contributed by atoms with E-state index < -0.39 is 6.09 Å². The van der Waals surface area contributed by atoms with Gasteiger partial charge in [-0.05, 0) is 36.8 Å². The summed E-state index contributed by atoms with van der Waals surface area (Å²) in [6.45, 7) is 2.41. The number of hydrogen-bond acceptors (Lipinski definition) is 4. The van der Waals surface area contributed by atoms with Crippen LogP contribution in [-0.2, 0) is 4.74 Å². The van der Waals surface area contributed by atoms with Gasteiger partial charge in [0.25, 0.3) is 0 Å². The lowest BCUT2D eigenvalue weighted by molar-refractivity contribution is 0.143. The highest BCUT2D eigenvalue weighted by molar-refractivity contribution is 7.80.